The molecule has 0 radical (unpaired) electrons. The lowest BCUT2D eigenvalue weighted by molar-refractivity contribution is -0.133. The van der Waals surface area contributed by atoms with E-state index in [-0.39, 0.29) is 11.7 Å². The van der Waals surface area contributed by atoms with E-state index in [1.165, 1.54) is 18.9 Å². The maximum Gasteiger partial charge on any atom is 0.337 e. The summed E-state index contributed by atoms with van der Waals surface area (Å²) in [6.07, 6.45) is 0. The summed E-state index contributed by atoms with van der Waals surface area (Å²) in [6, 6.07) is 6.92. The summed E-state index contributed by atoms with van der Waals surface area (Å²) < 4.78 is 4.57. The Kier molecular flexibility index (Phi) is 4.85. The molecule has 1 N–H and O–H groups in total. The van der Waals surface area contributed by atoms with Crippen molar-refractivity contribution in [2.45, 2.75) is 5.75 Å². The molecule has 0 spiro atoms. The van der Waals surface area contributed by atoms with E-state index in [2.05, 4.69) is 4.74 Å². The molecule has 86 valence electrons. The number of carboxylic acids is 1. The number of carboxylic acid groups (broad SMARTS) is 1. The highest BCUT2D eigenvalue weighted by Gasteiger charge is 2.04. The van der Waals surface area contributed by atoms with Gasteiger partial charge in [-0.1, -0.05) is 12.1 Å². The van der Waals surface area contributed by atoms with E-state index in [0.717, 1.165) is 5.56 Å². The summed E-state index contributed by atoms with van der Waals surface area (Å²) in [7, 11) is 1.33. The molecule has 0 aromatic heterocycles. The molecule has 1 aromatic rings. The molecule has 0 aliphatic carbocycles. The maximum absolute atomic E-state index is 11.1. The second-order valence-electron chi connectivity index (χ2n) is 3.08. The Labute approximate surface area is 97.6 Å². The number of thioether (sulfide) groups is 1. The molecule has 0 fully saturated rings. The SMILES string of the molecule is COC(=O)c1ccc(CSCC(=O)O)cc1. The summed E-state index contributed by atoms with van der Waals surface area (Å²) in [4.78, 5) is 21.4. The zero-order valence-electron chi connectivity index (χ0n) is 8.80. The van der Waals surface area contributed by atoms with E-state index in [1.807, 2.05) is 0 Å². The predicted molar refractivity (Wildman–Crippen MR) is 61.6 cm³/mol. The number of rotatable bonds is 5. The van der Waals surface area contributed by atoms with Crippen LogP contribution in [0.5, 0.6) is 0 Å². The van der Waals surface area contributed by atoms with Gasteiger partial charge in [-0.2, -0.15) is 0 Å². The van der Waals surface area contributed by atoms with Crippen LogP contribution in [0.2, 0.25) is 0 Å². The molecule has 0 amide bonds. The smallest absolute Gasteiger partial charge is 0.337 e. The van der Waals surface area contributed by atoms with Crippen LogP contribution in [-0.4, -0.2) is 29.9 Å². The van der Waals surface area contributed by atoms with Crippen molar-refractivity contribution in [3.05, 3.63) is 35.4 Å². The van der Waals surface area contributed by atoms with Crippen LogP contribution >= 0.6 is 11.8 Å². The minimum atomic E-state index is -0.823. The Morgan fingerprint density at radius 2 is 1.94 bits per heavy atom. The van der Waals surface area contributed by atoms with Crippen molar-refractivity contribution in [3.63, 3.8) is 0 Å². The molecule has 0 aliphatic rings. The third-order valence-corrected chi connectivity index (χ3v) is 2.86. The van der Waals surface area contributed by atoms with Crippen LogP contribution < -0.4 is 0 Å². The highest BCUT2D eigenvalue weighted by molar-refractivity contribution is 7.99. The first-order valence-electron chi connectivity index (χ1n) is 4.60. The van der Waals surface area contributed by atoms with Crippen LogP contribution in [0, 0.1) is 0 Å². The van der Waals surface area contributed by atoms with Crippen molar-refractivity contribution in [3.8, 4) is 0 Å². The number of hydrogen-bond donors (Lipinski definition) is 1. The number of carbonyl (C=O) groups excluding carboxylic acids is 1. The predicted octanol–water partition coefficient (Wildman–Crippen LogP) is 1.79. The molecule has 0 bridgehead atoms. The van der Waals surface area contributed by atoms with Gasteiger partial charge in [-0.3, -0.25) is 4.79 Å². The lowest BCUT2D eigenvalue weighted by Crippen LogP contribution is -2.01. The Bertz CT molecular complexity index is 372. The highest BCUT2D eigenvalue weighted by Crippen LogP contribution is 2.13. The van der Waals surface area contributed by atoms with E-state index in [1.54, 1.807) is 24.3 Å². The fourth-order valence-corrected chi connectivity index (χ4v) is 1.82. The third-order valence-electron chi connectivity index (χ3n) is 1.87. The summed E-state index contributed by atoms with van der Waals surface area (Å²) >= 11 is 1.32. The van der Waals surface area contributed by atoms with Gasteiger partial charge >= 0.3 is 11.9 Å². The Morgan fingerprint density at radius 1 is 1.31 bits per heavy atom. The Hall–Kier alpha value is -1.49. The summed E-state index contributed by atoms with van der Waals surface area (Å²) in [6.45, 7) is 0. The first-order chi connectivity index (χ1) is 7.63. The van der Waals surface area contributed by atoms with Gasteiger partial charge in [0.1, 0.15) is 0 Å². The van der Waals surface area contributed by atoms with Crippen LogP contribution in [-0.2, 0) is 15.3 Å². The number of carbonyl (C=O) groups is 2. The minimum absolute atomic E-state index is 0.0821. The molecule has 4 nitrogen and oxygen atoms in total. The molecule has 1 aromatic carbocycles. The summed E-state index contributed by atoms with van der Waals surface area (Å²) in [5, 5.41) is 8.46. The van der Waals surface area contributed by atoms with Gasteiger partial charge in [-0.15, -0.1) is 11.8 Å². The molecular weight excluding hydrogens is 228 g/mol. The van der Waals surface area contributed by atoms with Crippen molar-refractivity contribution in [2.75, 3.05) is 12.9 Å². The zero-order valence-corrected chi connectivity index (χ0v) is 9.62. The molecule has 0 saturated heterocycles. The number of methoxy groups -OCH3 is 1. The van der Waals surface area contributed by atoms with Gasteiger partial charge in [-0.25, -0.2) is 4.79 Å². The fourth-order valence-electron chi connectivity index (χ4n) is 1.11. The van der Waals surface area contributed by atoms with Gasteiger partial charge in [0, 0.05) is 5.75 Å². The molecule has 0 saturated carbocycles. The number of aliphatic carboxylic acids is 1. The van der Waals surface area contributed by atoms with Crippen molar-refractivity contribution in [1.29, 1.82) is 0 Å². The van der Waals surface area contributed by atoms with Crippen molar-refractivity contribution in [2.24, 2.45) is 0 Å². The zero-order chi connectivity index (χ0) is 12.0. The van der Waals surface area contributed by atoms with E-state index in [4.69, 9.17) is 5.11 Å². The number of ether oxygens (including phenoxy) is 1. The molecule has 0 unspecified atom stereocenters. The average Bonchev–Trinajstić information content (AvgIpc) is 2.28. The van der Waals surface area contributed by atoms with Crippen molar-refractivity contribution >= 4 is 23.7 Å². The molecule has 0 aliphatic heterocycles. The largest absolute Gasteiger partial charge is 0.481 e. The second-order valence-corrected chi connectivity index (χ2v) is 4.06. The molecular formula is C11H12O4S. The van der Waals surface area contributed by atoms with Crippen LogP contribution in [0.15, 0.2) is 24.3 Å². The standard InChI is InChI=1S/C11H12O4S/c1-15-11(14)9-4-2-8(3-5-9)6-16-7-10(12)13/h2-5H,6-7H2,1H3,(H,12,13). The molecule has 1 rings (SSSR count). The number of benzene rings is 1. The average molecular weight is 240 g/mol. The van der Waals surface area contributed by atoms with Gasteiger partial charge in [0.15, 0.2) is 0 Å². The van der Waals surface area contributed by atoms with E-state index < -0.39 is 5.97 Å². The van der Waals surface area contributed by atoms with Gasteiger partial charge in [-0.05, 0) is 17.7 Å². The quantitative estimate of drug-likeness (QED) is 0.795. The minimum Gasteiger partial charge on any atom is -0.481 e. The van der Waals surface area contributed by atoms with Crippen LogP contribution in [0.3, 0.4) is 0 Å². The second kappa shape index (κ2) is 6.17. The maximum atomic E-state index is 11.1. The number of esters is 1. The lowest BCUT2D eigenvalue weighted by Gasteiger charge is -2.02. The van der Waals surface area contributed by atoms with Crippen molar-refractivity contribution in [1.82, 2.24) is 0 Å². The van der Waals surface area contributed by atoms with Crippen LogP contribution in [0.4, 0.5) is 0 Å². The molecule has 0 atom stereocenters. The third kappa shape index (κ3) is 3.94. The fraction of sp³-hybridized carbons (Fsp3) is 0.273. The Balaban J connectivity index is 2.51. The topological polar surface area (TPSA) is 63.6 Å². The van der Waals surface area contributed by atoms with E-state index >= 15 is 0 Å². The van der Waals surface area contributed by atoms with Crippen LogP contribution in [0.25, 0.3) is 0 Å². The van der Waals surface area contributed by atoms with E-state index in [0.29, 0.717) is 11.3 Å². The lowest BCUT2D eigenvalue weighted by atomic mass is 10.1. The first kappa shape index (κ1) is 12.6. The molecule has 16 heavy (non-hydrogen) atoms. The van der Waals surface area contributed by atoms with Crippen LogP contribution in [0.1, 0.15) is 15.9 Å². The molecule has 5 heteroatoms. The number of hydrogen-bond acceptors (Lipinski definition) is 4. The van der Waals surface area contributed by atoms with Gasteiger partial charge in [0.25, 0.3) is 0 Å². The van der Waals surface area contributed by atoms with E-state index in [9.17, 15) is 9.59 Å². The summed E-state index contributed by atoms with van der Waals surface area (Å²) in [5.41, 5.74) is 1.48. The highest BCUT2D eigenvalue weighted by atomic mass is 32.2. The monoisotopic (exact) mass is 240 g/mol. The van der Waals surface area contributed by atoms with Gasteiger partial charge < -0.3 is 9.84 Å². The molecule has 0 heterocycles. The van der Waals surface area contributed by atoms with Gasteiger partial charge in [0.2, 0.25) is 0 Å². The first-order valence-corrected chi connectivity index (χ1v) is 5.75. The van der Waals surface area contributed by atoms with Crippen molar-refractivity contribution < 1.29 is 19.4 Å². The summed E-state index contributed by atoms with van der Waals surface area (Å²) in [5.74, 6) is -0.493. The van der Waals surface area contributed by atoms with Gasteiger partial charge in [0.05, 0.1) is 18.4 Å². The normalized spacial score (nSPS) is 9.81. The Morgan fingerprint density at radius 3 is 2.44 bits per heavy atom.